The summed E-state index contributed by atoms with van der Waals surface area (Å²) in [6.07, 6.45) is 11.4. The van der Waals surface area contributed by atoms with Crippen LogP contribution in [0.2, 0.25) is 0 Å². The van der Waals surface area contributed by atoms with E-state index in [1.54, 1.807) is 22.7 Å². The molecule has 1 aliphatic carbocycles. The number of fused-ring (bicyclic) bond motifs is 2. The van der Waals surface area contributed by atoms with Gasteiger partial charge in [0.05, 0.1) is 0 Å². The van der Waals surface area contributed by atoms with Crippen molar-refractivity contribution in [3.8, 4) is 0 Å². The number of unbranched alkanes of at least 4 members (excludes halogenated alkanes) is 2. The van der Waals surface area contributed by atoms with E-state index in [1.165, 1.54) is 48.3 Å². The third-order valence-corrected chi connectivity index (χ3v) is 9.51. The van der Waals surface area contributed by atoms with Gasteiger partial charge in [-0.25, -0.2) is 0 Å². The van der Waals surface area contributed by atoms with Crippen LogP contribution in [0.25, 0.3) is 0 Å². The molecule has 0 saturated carbocycles. The van der Waals surface area contributed by atoms with Crippen molar-refractivity contribution in [1.82, 2.24) is 0 Å². The molecule has 2 aromatic heterocycles. The molecule has 0 spiro atoms. The Bertz CT molecular complexity index is 890. The fraction of sp³-hybridized carbons (Fsp3) is 0.643. The van der Waals surface area contributed by atoms with Crippen molar-refractivity contribution in [2.45, 2.75) is 106 Å². The Hall–Kier alpha value is -1.26. The Morgan fingerprint density at radius 1 is 0.625 bits per heavy atom. The smallest absolute Gasteiger partial charge is 0.196 e. The quantitative estimate of drug-likeness (QED) is 0.264. The van der Waals surface area contributed by atoms with Gasteiger partial charge in [0.2, 0.25) is 0 Å². The third-order valence-electron chi connectivity index (χ3n) is 7.26. The van der Waals surface area contributed by atoms with Gasteiger partial charge >= 0.3 is 0 Å². The zero-order chi connectivity index (χ0) is 23.4. The Kier molecular flexibility index (Phi) is 8.91. The van der Waals surface area contributed by atoms with Crippen LogP contribution in [0.5, 0.6) is 0 Å². The average Bonchev–Trinajstić information content (AvgIpc) is 3.29. The molecule has 2 nitrogen and oxygen atoms in total. The molecule has 4 heteroatoms. The van der Waals surface area contributed by atoms with E-state index in [1.807, 2.05) is 13.8 Å². The SMILES string of the molecule is CCCCC(CC)Cc1sc(CC(CC)CCCC)c2c1C(=O)c1c(C)sc(C)c1C2=O. The third kappa shape index (κ3) is 4.97. The van der Waals surface area contributed by atoms with E-state index >= 15 is 0 Å². The Balaban J connectivity index is 2.07. The van der Waals surface area contributed by atoms with Gasteiger partial charge in [0.25, 0.3) is 0 Å². The van der Waals surface area contributed by atoms with Crippen molar-refractivity contribution in [3.05, 3.63) is 41.8 Å². The number of rotatable bonds is 12. The average molecular weight is 473 g/mol. The molecule has 0 radical (unpaired) electrons. The second-order valence-electron chi connectivity index (χ2n) is 9.56. The number of aryl methyl sites for hydroxylation is 2. The minimum absolute atomic E-state index is 0.112. The maximum atomic E-state index is 13.8. The van der Waals surface area contributed by atoms with Crippen LogP contribution >= 0.6 is 22.7 Å². The minimum Gasteiger partial charge on any atom is -0.288 e. The van der Waals surface area contributed by atoms with Gasteiger partial charge in [-0.05, 0) is 38.5 Å². The number of carbonyl (C=O) groups excluding carboxylic acids is 2. The fourth-order valence-corrected chi connectivity index (χ4v) is 7.77. The van der Waals surface area contributed by atoms with Gasteiger partial charge in [-0.3, -0.25) is 9.59 Å². The van der Waals surface area contributed by atoms with Crippen LogP contribution in [-0.4, -0.2) is 11.6 Å². The van der Waals surface area contributed by atoms with E-state index in [0.29, 0.717) is 23.0 Å². The fourth-order valence-electron chi connectivity index (χ4n) is 5.19. The summed E-state index contributed by atoms with van der Waals surface area (Å²) in [4.78, 5) is 31.9. The molecule has 0 fully saturated rings. The molecule has 2 unspecified atom stereocenters. The predicted octanol–water partition coefficient (Wildman–Crippen LogP) is 8.72. The molecule has 0 N–H and O–H groups in total. The molecule has 3 rings (SSSR count). The lowest BCUT2D eigenvalue weighted by molar-refractivity contribution is 0.0978. The first-order valence-corrected chi connectivity index (χ1v) is 14.3. The molecule has 32 heavy (non-hydrogen) atoms. The van der Waals surface area contributed by atoms with Crippen molar-refractivity contribution in [2.24, 2.45) is 11.8 Å². The Labute approximate surface area is 202 Å². The van der Waals surface area contributed by atoms with E-state index in [-0.39, 0.29) is 11.6 Å². The molecule has 2 heterocycles. The molecule has 0 bridgehead atoms. The summed E-state index contributed by atoms with van der Waals surface area (Å²) in [6.45, 7) is 13.0. The molecule has 176 valence electrons. The van der Waals surface area contributed by atoms with Gasteiger partial charge in [-0.1, -0.05) is 79.1 Å². The molecule has 0 saturated heterocycles. The molecule has 1 aliphatic rings. The summed E-state index contributed by atoms with van der Waals surface area (Å²) < 4.78 is 0. The zero-order valence-corrected chi connectivity index (χ0v) is 22.5. The summed E-state index contributed by atoms with van der Waals surface area (Å²) in [5, 5.41) is 0. The van der Waals surface area contributed by atoms with E-state index in [9.17, 15) is 9.59 Å². The van der Waals surface area contributed by atoms with Gasteiger partial charge in [-0.2, -0.15) is 0 Å². The summed E-state index contributed by atoms with van der Waals surface area (Å²) in [6, 6.07) is 0. The van der Waals surface area contributed by atoms with Gasteiger partial charge in [0.15, 0.2) is 11.6 Å². The molecule has 2 atom stereocenters. The first kappa shape index (κ1) is 25.4. The molecule has 0 aromatic carbocycles. The van der Waals surface area contributed by atoms with Crippen molar-refractivity contribution >= 4 is 34.2 Å². The lowest BCUT2D eigenvalue weighted by Crippen LogP contribution is -2.22. The van der Waals surface area contributed by atoms with Crippen LogP contribution in [0.1, 0.15) is 130 Å². The predicted molar refractivity (Wildman–Crippen MR) is 139 cm³/mol. The molecular formula is C28H40O2S2. The van der Waals surface area contributed by atoms with Crippen LogP contribution in [0.15, 0.2) is 0 Å². The highest BCUT2D eigenvalue weighted by Crippen LogP contribution is 2.43. The van der Waals surface area contributed by atoms with Crippen molar-refractivity contribution in [1.29, 1.82) is 0 Å². The summed E-state index contributed by atoms with van der Waals surface area (Å²) >= 11 is 3.38. The lowest BCUT2D eigenvalue weighted by atomic mass is 9.81. The summed E-state index contributed by atoms with van der Waals surface area (Å²) in [7, 11) is 0. The van der Waals surface area contributed by atoms with Crippen molar-refractivity contribution in [2.75, 3.05) is 0 Å². The van der Waals surface area contributed by atoms with Crippen LogP contribution in [0.3, 0.4) is 0 Å². The zero-order valence-electron chi connectivity index (χ0n) is 20.9. The number of ketones is 2. The summed E-state index contributed by atoms with van der Waals surface area (Å²) in [5.74, 6) is 1.39. The van der Waals surface area contributed by atoms with Gasteiger partial charge in [0.1, 0.15) is 0 Å². The topological polar surface area (TPSA) is 34.1 Å². The molecule has 0 amide bonds. The van der Waals surface area contributed by atoms with Gasteiger partial charge in [-0.15, -0.1) is 22.7 Å². The Morgan fingerprint density at radius 2 is 1.03 bits per heavy atom. The largest absolute Gasteiger partial charge is 0.288 e. The second kappa shape index (κ2) is 11.2. The van der Waals surface area contributed by atoms with E-state index in [0.717, 1.165) is 46.6 Å². The lowest BCUT2D eigenvalue weighted by Gasteiger charge is -2.18. The standard InChI is InChI=1S/C28H40O2S2/c1-7-11-13-19(9-3)15-21-25-26(22(32-21)16-20(10-4)14-12-8-2)28(30)24-18(6)31-17(5)23(24)27(25)29/h19-20H,7-16H2,1-6H3. The maximum Gasteiger partial charge on any atom is 0.196 e. The van der Waals surface area contributed by atoms with Crippen LogP contribution in [0.4, 0.5) is 0 Å². The van der Waals surface area contributed by atoms with Gasteiger partial charge in [0, 0.05) is 41.8 Å². The van der Waals surface area contributed by atoms with Crippen LogP contribution < -0.4 is 0 Å². The monoisotopic (exact) mass is 472 g/mol. The van der Waals surface area contributed by atoms with Crippen molar-refractivity contribution < 1.29 is 9.59 Å². The summed E-state index contributed by atoms with van der Waals surface area (Å²) in [5.41, 5.74) is 2.91. The van der Waals surface area contributed by atoms with Crippen LogP contribution in [-0.2, 0) is 12.8 Å². The van der Waals surface area contributed by atoms with E-state index in [4.69, 9.17) is 0 Å². The number of hydrogen-bond donors (Lipinski definition) is 0. The highest BCUT2D eigenvalue weighted by molar-refractivity contribution is 7.14. The van der Waals surface area contributed by atoms with E-state index < -0.39 is 0 Å². The van der Waals surface area contributed by atoms with Crippen molar-refractivity contribution in [3.63, 3.8) is 0 Å². The first-order valence-electron chi connectivity index (χ1n) is 12.7. The highest BCUT2D eigenvalue weighted by Gasteiger charge is 2.39. The normalized spacial score (nSPS) is 15.1. The molecular weight excluding hydrogens is 432 g/mol. The number of hydrogen-bond acceptors (Lipinski definition) is 4. The maximum absolute atomic E-state index is 13.8. The first-order chi connectivity index (χ1) is 15.4. The van der Waals surface area contributed by atoms with E-state index in [2.05, 4.69) is 27.7 Å². The highest BCUT2D eigenvalue weighted by atomic mass is 32.1. The Morgan fingerprint density at radius 3 is 1.38 bits per heavy atom. The number of carbonyl (C=O) groups is 2. The second-order valence-corrected chi connectivity index (χ2v) is 12.2. The van der Waals surface area contributed by atoms with Gasteiger partial charge < -0.3 is 0 Å². The molecule has 2 aromatic rings. The molecule has 0 aliphatic heterocycles. The minimum atomic E-state index is 0.112. The van der Waals surface area contributed by atoms with Crippen LogP contribution in [0, 0.1) is 25.7 Å². The number of thiophene rings is 2.